The Hall–Kier alpha value is -3.96. The fourth-order valence-electron chi connectivity index (χ4n) is 4.08. The van der Waals surface area contributed by atoms with E-state index >= 15 is 8.78 Å². The molecule has 1 heterocycles. The van der Waals surface area contributed by atoms with Crippen LogP contribution in [0.25, 0.3) is 28.1 Å². The average Bonchev–Trinajstić information content (AvgIpc) is 3.09. The Morgan fingerprint density at radius 3 is 2.24 bits per heavy atom. The molecule has 0 saturated heterocycles. The molecule has 3 aromatic carbocycles. The van der Waals surface area contributed by atoms with E-state index < -0.39 is 46.6 Å². The van der Waals surface area contributed by atoms with Crippen LogP contribution in [0.2, 0.25) is 10.0 Å². The number of rotatable bonds is 7. The van der Waals surface area contributed by atoms with Crippen LogP contribution in [-0.4, -0.2) is 29.0 Å². The molecule has 0 radical (unpaired) electrons. The minimum absolute atomic E-state index is 0.0362. The maximum absolute atomic E-state index is 15.3. The Morgan fingerprint density at radius 2 is 1.66 bits per heavy atom. The quantitative estimate of drug-likeness (QED) is 0.285. The van der Waals surface area contributed by atoms with Gasteiger partial charge in [-0.15, -0.1) is 0 Å². The molecule has 0 aliphatic heterocycles. The standard InChI is InChI=1S/C25H17Cl2F4N3O4/c1-33-22(20-16(28)9-12(37-2)10-17(20)29)19(24(36)34(33)18-5-3-4-15(26)21(18)27)14-8-11(38-25(30)31)6-7-13(14)23(32)35/h3-10,25H,1-2H3,(H2,32,35). The summed E-state index contributed by atoms with van der Waals surface area (Å²) >= 11 is 12.5. The van der Waals surface area contributed by atoms with Crippen LogP contribution in [0.1, 0.15) is 10.4 Å². The number of carbonyl (C=O) groups excluding carboxylic acids is 1. The van der Waals surface area contributed by atoms with Gasteiger partial charge >= 0.3 is 6.61 Å². The first-order valence-corrected chi connectivity index (χ1v) is 11.4. The number of benzene rings is 3. The summed E-state index contributed by atoms with van der Waals surface area (Å²) in [4.78, 5) is 26.2. The lowest BCUT2D eigenvalue weighted by Crippen LogP contribution is -2.21. The van der Waals surface area contributed by atoms with Crippen LogP contribution < -0.4 is 20.8 Å². The minimum Gasteiger partial charge on any atom is -0.497 e. The number of amides is 1. The van der Waals surface area contributed by atoms with E-state index in [9.17, 15) is 18.4 Å². The predicted molar refractivity (Wildman–Crippen MR) is 134 cm³/mol. The smallest absolute Gasteiger partial charge is 0.387 e. The van der Waals surface area contributed by atoms with Crippen molar-refractivity contribution in [1.29, 1.82) is 0 Å². The van der Waals surface area contributed by atoms with E-state index in [4.69, 9.17) is 33.7 Å². The molecule has 0 fully saturated rings. The van der Waals surface area contributed by atoms with Crippen LogP contribution >= 0.6 is 23.2 Å². The summed E-state index contributed by atoms with van der Waals surface area (Å²) in [5.74, 6) is -3.85. The molecule has 38 heavy (non-hydrogen) atoms. The molecule has 0 spiro atoms. The number of primary amides is 1. The number of alkyl halides is 2. The van der Waals surface area contributed by atoms with E-state index in [1.807, 2.05) is 0 Å². The van der Waals surface area contributed by atoms with Gasteiger partial charge in [-0.05, 0) is 30.3 Å². The average molecular weight is 570 g/mol. The largest absolute Gasteiger partial charge is 0.497 e. The van der Waals surface area contributed by atoms with Gasteiger partial charge in [0.25, 0.3) is 5.56 Å². The van der Waals surface area contributed by atoms with Crippen molar-refractivity contribution in [1.82, 2.24) is 9.36 Å². The molecule has 2 N–H and O–H groups in total. The number of methoxy groups -OCH3 is 1. The maximum Gasteiger partial charge on any atom is 0.387 e. The fraction of sp³-hybridized carbons (Fsp3) is 0.120. The lowest BCUT2D eigenvalue weighted by molar-refractivity contribution is -0.0498. The van der Waals surface area contributed by atoms with Gasteiger partial charge in [-0.3, -0.25) is 14.3 Å². The SMILES string of the molecule is COc1cc(F)c(-c2c(-c3cc(OC(F)F)ccc3C(N)=O)c(=O)n(-c3cccc(Cl)c3Cl)n2C)c(F)c1. The third-order valence-corrected chi connectivity index (χ3v) is 6.47. The summed E-state index contributed by atoms with van der Waals surface area (Å²) in [6.07, 6.45) is 0. The molecule has 0 aliphatic carbocycles. The van der Waals surface area contributed by atoms with Gasteiger partial charge in [-0.2, -0.15) is 8.78 Å². The molecular weight excluding hydrogens is 553 g/mol. The fourth-order valence-corrected chi connectivity index (χ4v) is 4.45. The van der Waals surface area contributed by atoms with Gasteiger partial charge in [0.2, 0.25) is 5.91 Å². The number of halogens is 6. The van der Waals surface area contributed by atoms with Gasteiger partial charge in [0.1, 0.15) is 23.1 Å². The second kappa shape index (κ2) is 10.4. The zero-order valence-corrected chi connectivity index (χ0v) is 21.1. The number of nitrogens with zero attached hydrogens (tertiary/aromatic N) is 2. The van der Waals surface area contributed by atoms with Crippen LogP contribution in [0, 0.1) is 11.6 Å². The monoisotopic (exact) mass is 569 g/mol. The highest BCUT2D eigenvalue weighted by Crippen LogP contribution is 2.39. The number of hydrogen-bond donors (Lipinski definition) is 1. The van der Waals surface area contributed by atoms with Crippen LogP contribution in [0.3, 0.4) is 0 Å². The van der Waals surface area contributed by atoms with E-state index in [0.29, 0.717) is 0 Å². The van der Waals surface area contributed by atoms with Crippen LogP contribution in [-0.2, 0) is 7.05 Å². The Morgan fingerprint density at radius 1 is 1.00 bits per heavy atom. The van der Waals surface area contributed by atoms with Gasteiger partial charge in [0.05, 0.1) is 39.7 Å². The van der Waals surface area contributed by atoms with Crippen LogP contribution in [0.4, 0.5) is 17.6 Å². The van der Waals surface area contributed by atoms with Crippen LogP contribution in [0.5, 0.6) is 11.5 Å². The molecule has 0 atom stereocenters. The summed E-state index contributed by atoms with van der Waals surface area (Å²) in [6.45, 7) is -3.24. The van der Waals surface area contributed by atoms with Crippen molar-refractivity contribution in [2.45, 2.75) is 6.61 Å². The Balaban J connectivity index is 2.19. The zero-order chi connectivity index (χ0) is 27.9. The highest BCUT2D eigenvalue weighted by Gasteiger charge is 2.30. The second-order valence-corrected chi connectivity index (χ2v) is 8.64. The third-order valence-electron chi connectivity index (χ3n) is 5.67. The van der Waals surface area contributed by atoms with E-state index in [1.54, 1.807) is 0 Å². The number of ether oxygens (including phenoxy) is 2. The Bertz CT molecular complexity index is 1610. The lowest BCUT2D eigenvalue weighted by atomic mass is 9.95. The van der Waals surface area contributed by atoms with Crippen molar-refractivity contribution in [3.63, 3.8) is 0 Å². The molecule has 4 aromatic rings. The Kier molecular flexibility index (Phi) is 7.43. The van der Waals surface area contributed by atoms with Crippen molar-refractivity contribution in [2.24, 2.45) is 12.8 Å². The van der Waals surface area contributed by atoms with Crippen molar-refractivity contribution in [2.75, 3.05) is 7.11 Å². The topological polar surface area (TPSA) is 88.5 Å². The third kappa shape index (κ3) is 4.70. The molecule has 13 heteroatoms. The highest BCUT2D eigenvalue weighted by molar-refractivity contribution is 6.43. The number of aromatic nitrogens is 2. The number of hydrogen-bond acceptors (Lipinski definition) is 4. The summed E-state index contributed by atoms with van der Waals surface area (Å²) in [5.41, 5.74) is 2.53. The van der Waals surface area contributed by atoms with Crippen molar-refractivity contribution in [3.8, 4) is 39.6 Å². The zero-order valence-electron chi connectivity index (χ0n) is 19.6. The summed E-state index contributed by atoms with van der Waals surface area (Å²) in [5, 5.41) is 0.0166. The first kappa shape index (κ1) is 27.1. The highest BCUT2D eigenvalue weighted by atomic mass is 35.5. The molecule has 0 unspecified atom stereocenters. The summed E-state index contributed by atoms with van der Waals surface area (Å²) in [6, 6.07) is 9.21. The van der Waals surface area contributed by atoms with Crippen molar-refractivity contribution < 1.29 is 31.8 Å². The molecule has 0 bridgehead atoms. The van der Waals surface area contributed by atoms with E-state index in [-0.39, 0.29) is 38.3 Å². The van der Waals surface area contributed by atoms with Crippen molar-refractivity contribution >= 4 is 29.1 Å². The second-order valence-electron chi connectivity index (χ2n) is 7.85. The molecule has 0 saturated carbocycles. The molecule has 1 aromatic heterocycles. The van der Waals surface area contributed by atoms with Crippen molar-refractivity contribution in [3.05, 3.63) is 86.1 Å². The number of carbonyl (C=O) groups is 1. The lowest BCUT2D eigenvalue weighted by Gasteiger charge is -2.15. The molecule has 198 valence electrons. The number of nitrogens with two attached hydrogens (primary N) is 1. The van der Waals surface area contributed by atoms with E-state index in [1.165, 1.54) is 32.4 Å². The van der Waals surface area contributed by atoms with Gasteiger partial charge in [-0.25, -0.2) is 13.5 Å². The van der Waals surface area contributed by atoms with Gasteiger partial charge in [0, 0.05) is 30.3 Å². The minimum atomic E-state index is -3.24. The summed E-state index contributed by atoms with van der Waals surface area (Å²) in [7, 11) is 2.52. The molecule has 7 nitrogen and oxygen atoms in total. The maximum atomic E-state index is 15.3. The molecular formula is C25H17Cl2F4N3O4. The van der Waals surface area contributed by atoms with Crippen LogP contribution in [0.15, 0.2) is 53.3 Å². The Labute approximate surface area is 222 Å². The predicted octanol–water partition coefficient (Wildman–Crippen LogP) is 5.80. The summed E-state index contributed by atoms with van der Waals surface area (Å²) < 4.78 is 68.0. The van der Waals surface area contributed by atoms with E-state index in [2.05, 4.69) is 4.74 Å². The molecule has 0 aliphatic rings. The van der Waals surface area contributed by atoms with Gasteiger partial charge in [-0.1, -0.05) is 29.3 Å². The van der Waals surface area contributed by atoms with E-state index in [0.717, 1.165) is 39.7 Å². The first-order valence-electron chi connectivity index (χ1n) is 10.6. The van der Waals surface area contributed by atoms with Gasteiger partial charge in [0.15, 0.2) is 0 Å². The first-order chi connectivity index (χ1) is 18.0. The normalized spacial score (nSPS) is 11.2. The molecule has 4 rings (SSSR count). The van der Waals surface area contributed by atoms with Gasteiger partial charge < -0.3 is 15.2 Å². The molecule has 1 amide bonds.